The Morgan fingerprint density at radius 1 is 1.60 bits per heavy atom. The van der Waals surface area contributed by atoms with Crippen molar-refractivity contribution in [3.8, 4) is 0 Å². The zero-order valence-corrected chi connectivity index (χ0v) is 9.66. The lowest BCUT2D eigenvalue weighted by Crippen LogP contribution is -2.45. The van der Waals surface area contributed by atoms with E-state index in [1.165, 1.54) is 0 Å². The van der Waals surface area contributed by atoms with Crippen LogP contribution in [0.15, 0.2) is 0 Å². The molecule has 1 aliphatic heterocycles. The van der Waals surface area contributed by atoms with Crippen molar-refractivity contribution in [3.05, 3.63) is 0 Å². The van der Waals surface area contributed by atoms with Crippen molar-refractivity contribution < 1.29 is 14.6 Å². The van der Waals surface area contributed by atoms with Gasteiger partial charge in [-0.25, -0.2) is 0 Å². The molecule has 1 rings (SSSR count). The highest BCUT2D eigenvalue weighted by Gasteiger charge is 2.31. The third-order valence-corrected chi connectivity index (χ3v) is 2.90. The maximum atomic E-state index is 11.3. The van der Waals surface area contributed by atoms with Gasteiger partial charge in [0.05, 0.1) is 13.2 Å². The fraction of sp³-hybridized carbons (Fsp3) is 0.909. The van der Waals surface area contributed by atoms with Gasteiger partial charge in [-0.15, -0.1) is 0 Å². The highest BCUT2D eigenvalue weighted by Crippen LogP contribution is 2.28. The van der Waals surface area contributed by atoms with Crippen LogP contribution in [0.5, 0.6) is 0 Å². The number of piperidine rings is 1. The van der Waals surface area contributed by atoms with E-state index in [9.17, 15) is 9.90 Å². The number of aliphatic hydroxyl groups excluding tert-OH is 1. The topological polar surface area (TPSA) is 49.8 Å². The van der Waals surface area contributed by atoms with Crippen LogP contribution in [0.2, 0.25) is 0 Å². The first-order chi connectivity index (χ1) is 7.09. The number of nitrogens with zero attached hydrogens (tertiary/aromatic N) is 1. The van der Waals surface area contributed by atoms with Crippen molar-refractivity contribution >= 4 is 5.97 Å². The van der Waals surface area contributed by atoms with Crippen LogP contribution in [0.25, 0.3) is 0 Å². The summed E-state index contributed by atoms with van der Waals surface area (Å²) in [7, 11) is 0. The summed E-state index contributed by atoms with van der Waals surface area (Å²) in [5.74, 6) is -0.167. The number of esters is 1. The normalized spacial score (nSPS) is 27.7. The SMILES string of the molecule is CCOC(=O)CN1CCCC(C)(CO)C1. The quantitative estimate of drug-likeness (QED) is 0.699. The van der Waals surface area contributed by atoms with E-state index in [-0.39, 0.29) is 18.0 Å². The van der Waals surface area contributed by atoms with Gasteiger partial charge in [0, 0.05) is 18.6 Å². The molecular weight excluding hydrogens is 194 g/mol. The van der Waals surface area contributed by atoms with Crippen molar-refractivity contribution in [2.24, 2.45) is 5.41 Å². The van der Waals surface area contributed by atoms with E-state index in [1.54, 1.807) is 0 Å². The van der Waals surface area contributed by atoms with Crippen LogP contribution in [0.1, 0.15) is 26.7 Å². The van der Waals surface area contributed by atoms with Crippen molar-refractivity contribution in [2.45, 2.75) is 26.7 Å². The molecule has 0 bridgehead atoms. The van der Waals surface area contributed by atoms with Crippen LogP contribution in [0.4, 0.5) is 0 Å². The summed E-state index contributed by atoms with van der Waals surface area (Å²) in [6.07, 6.45) is 2.07. The minimum atomic E-state index is -0.167. The molecular formula is C11H21NO3. The monoisotopic (exact) mass is 215 g/mol. The Morgan fingerprint density at radius 2 is 2.33 bits per heavy atom. The number of hydrogen-bond donors (Lipinski definition) is 1. The predicted molar refractivity (Wildman–Crippen MR) is 57.5 cm³/mol. The average Bonchev–Trinajstić information content (AvgIpc) is 2.18. The Balaban J connectivity index is 2.39. The minimum Gasteiger partial charge on any atom is -0.465 e. The van der Waals surface area contributed by atoms with Gasteiger partial charge in [0.15, 0.2) is 0 Å². The highest BCUT2D eigenvalue weighted by atomic mass is 16.5. The Hall–Kier alpha value is -0.610. The second-order valence-electron chi connectivity index (χ2n) is 4.59. The Kier molecular flexibility index (Phi) is 4.54. The Bertz CT molecular complexity index is 220. The lowest BCUT2D eigenvalue weighted by atomic mass is 9.83. The number of carbonyl (C=O) groups excluding carboxylic acids is 1. The number of ether oxygens (including phenoxy) is 1. The molecule has 0 aromatic heterocycles. The van der Waals surface area contributed by atoms with E-state index < -0.39 is 0 Å². The van der Waals surface area contributed by atoms with E-state index in [0.29, 0.717) is 13.2 Å². The molecule has 0 aromatic carbocycles. The van der Waals surface area contributed by atoms with Crippen molar-refractivity contribution in [3.63, 3.8) is 0 Å². The summed E-state index contributed by atoms with van der Waals surface area (Å²) < 4.78 is 4.90. The first-order valence-electron chi connectivity index (χ1n) is 5.58. The Labute approximate surface area is 91.2 Å². The molecule has 88 valence electrons. The summed E-state index contributed by atoms with van der Waals surface area (Å²) in [5, 5.41) is 9.26. The molecule has 0 aromatic rings. The standard InChI is InChI=1S/C11H21NO3/c1-3-15-10(14)7-12-6-4-5-11(2,8-12)9-13/h13H,3-9H2,1-2H3. The van der Waals surface area contributed by atoms with Crippen LogP contribution in [0, 0.1) is 5.41 Å². The van der Waals surface area contributed by atoms with E-state index in [2.05, 4.69) is 11.8 Å². The van der Waals surface area contributed by atoms with Gasteiger partial charge in [-0.05, 0) is 26.3 Å². The van der Waals surface area contributed by atoms with E-state index in [0.717, 1.165) is 25.9 Å². The predicted octanol–water partition coefficient (Wildman–Crippen LogP) is 0.644. The smallest absolute Gasteiger partial charge is 0.320 e. The molecule has 0 amide bonds. The molecule has 1 fully saturated rings. The molecule has 1 aliphatic rings. The minimum absolute atomic E-state index is 0.0508. The summed E-state index contributed by atoms with van der Waals surface area (Å²) >= 11 is 0. The zero-order chi connectivity index (χ0) is 11.3. The number of rotatable bonds is 4. The van der Waals surface area contributed by atoms with Crippen molar-refractivity contribution in [2.75, 3.05) is 32.8 Å². The van der Waals surface area contributed by atoms with Crippen LogP contribution in [0.3, 0.4) is 0 Å². The second kappa shape index (κ2) is 5.47. The third kappa shape index (κ3) is 3.80. The average molecular weight is 215 g/mol. The van der Waals surface area contributed by atoms with Crippen molar-refractivity contribution in [1.29, 1.82) is 0 Å². The lowest BCUT2D eigenvalue weighted by Gasteiger charge is -2.38. The van der Waals surface area contributed by atoms with Gasteiger partial charge in [-0.2, -0.15) is 0 Å². The molecule has 1 saturated heterocycles. The first-order valence-corrected chi connectivity index (χ1v) is 5.58. The fourth-order valence-corrected chi connectivity index (χ4v) is 2.08. The van der Waals surface area contributed by atoms with Crippen LogP contribution < -0.4 is 0 Å². The largest absolute Gasteiger partial charge is 0.465 e. The molecule has 0 saturated carbocycles. The number of aliphatic hydroxyl groups is 1. The molecule has 1 N–H and O–H groups in total. The number of hydrogen-bond acceptors (Lipinski definition) is 4. The molecule has 4 heteroatoms. The summed E-state index contributed by atoms with van der Waals surface area (Å²) in [5.41, 5.74) is -0.0508. The molecule has 0 radical (unpaired) electrons. The van der Waals surface area contributed by atoms with E-state index in [4.69, 9.17) is 4.74 Å². The van der Waals surface area contributed by atoms with Gasteiger partial charge >= 0.3 is 5.97 Å². The number of likely N-dealkylation sites (tertiary alicyclic amines) is 1. The second-order valence-corrected chi connectivity index (χ2v) is 4.59. The summed E-state index contributed by atoms with van der Waals surface area (Å²) in [6, 6.07) is 0. The van der Waals surface area contributed by atoms with Gasteiger partial charge in [0.1, 0.15) is 0 Å². The molecule has 1 heterocycles. The van der Waals surface area contributed by atoms with Gasteiger partial charge in [-0.1, -0.05) is 6.92 Å². The van der Waals surface area contributed by atoms with Gasteiger partial charge in [0.25, 0.3) is 0 Å². The fourth-order valence-electron chi connectivity index (χ4n) is 2.08. The lowest BCUT2D eigenvalue weighted by molar-refractivity contribution is -0.145. The Morgan fingerprint density at radius 3 is 2.93 bits per heavy atom. The van der Waals surface area contributed by atoms with Crippen molar-refractivity contribution in [1.82, 2.24) is 4.90 Å². The summed E-state index contributed by atoms with van der Waals surface area (Å²) in [6.45, 7) is 6.55. The van der Waals surface area contributed by atoms with Gasteiger partial charge in [-0.3, -0.25) is 9.69 Å². The first kappa shape index (κ1) is 12.5. The third-order valence-electron chi connectivity index (χ3n) is 2.90. The molecule has 4 nitrogen and oxygen atoms in total. The summed E-state index contributed by atoms with van der Waals surface area (Å²) in [4.78, 5) is 13.4. The van der Waals surface area contributed by atoms with E-state index >= 15 is 0 Å². The van der Waals surface area contributed by atoms with Crippen LogP contribution >= 0.6 is 0 Å². The maximum Gasteiger partial charge on any atom is 0.320 e. The van der Waals surface area contributed by atoms with Crippen LogP contribution in [-0.4, -0.2) is 48.8 Å². The number of carbonyl (C=O) groups is 1. The molecule has 0 spiro atoms. The van der Waals surface area contributed by atoms with Gasteiger partial charge < -0.3 is 9.84 Å². The van der Waals surface area contributed by atoms with E-state index in [1.807, 2.05) is 6.92 Å². The molecule has 1 unspecified atom stereocenters. The zero-order valence-electron chi connectivity index (χ0n) is 9.66. The molecule has 1 atom stereocenters. The molecule has 15 heavy (non-hydrogen) atoms. The molecule has 0 aliphatic carbocycles. The highest BCUT2D eigenvalue weighted by molar-refractivity contribution is 5.71. The van der Waals surface area contributed by atoms with Crippen LogP contribution in [-0.2, 0) is 9.53 Å². The maximum absolute atomic E-state index is 11.3. The van der Waals surface area contributed by atoms with Gasteiger partial charge in [0.2, 0.25) is 0 Å².